The van der Waals surface area contributed by atoms with E-state index in [-0.39, 0.29) is 0 Å². The Bertz CT molecular complexity index is 124. The van der Waals surface area contributed by atoms with Gasteiger partial charge in [-0.15, -0.1) is 0 Å². The van der Waals surface area contributed by atoms with Crippen LogP contribution in [0.15, 0.2) is 0 Å². The highest BCUT2D eigenvalue weighted by molar-refractivity contribution is 5.47. The molecule has 0 atom stereocenters. The lowest BCUT2D eigenvalue weighted by Crippen LogP contribution is -2.42. The van der Waals surface area contributed by atoms with Crippen molar-refractivity contribution in [3.8, 4) is 0 Å². The minimum Gasteiger partial charge on any atom is -0.381 e. The van der Waals surface area contributed by atoms with E-state index in [1.54, 1.807) is 4.90 Å². The summed E-state index contributed by atoms with van der Waals surface area (Å²) in [5, 5.41) is 3.15. The van der Waals surface area contributed by atoms with Crippen LogP contribution in [-0.2, 0) is 9.53 Å². The second kappa shape index (κ2) is 6.86. The first-order valence-electron chi connectivity index (χ1n) is 4.91. The Morgan fingerprint density at radius 1 is 1.15 bits per heavy atom. The van der Waals surface area contributed by atoms with Crippen LogP contribution in [0.5, 0.6) is 0 Å². The maximum Gasteiger partial charge on any atom is 0.209 e. The molecule has 13 heavy (non-hydrogen) atoms. The quantitative estimate of drug-likeness (QED) is 0.579. The molecule has 4 heteroatoms. The van der Waals surface area contributed by atoms with Crippen LogP contribution in [-0.4, -0.2) is 50.7 Å². The van der Waals surface area contributed by atoms with Crippen LogP contribution in [0.3, 0.4) is 0 Å². The van der Waals surface area contributed by atoms with Crippen LogP contribution in [0, 0.1) is 0 Å². The predicted molar refractivity (Wildman–Crippen MR) is 50.6 cm³/mol. The number of carbonyl (C=O) groups excluding carboxylic acids is 1. The third-order valence-corrected chi connectivity index (χ3v) is 2.13. The average Bonchev–Trinajstić information content (AvgIpc) is 2.77. The van der Waals surface area contributed by atoms with Gasteiger partial charge in [0.1, 0.15) is 0 Å². The predicted octanol–water partition coefficient (Wildman–Crippen LogP) is -0.155. The molecule has 2 rings (SSSR count). The van der Waals surface area contributed by atoms with Crippen LogP contribution in [0.2, 0.25) is 0 Å². The van der Waals surface area contributed by atoms with Gasteiger partial charge in [-0.25, -0.2) is 0 Å². The number of piperazine rings is 1. The molecule has 2 aliphatic rings. The molecule has 1 N–H and O–H groups in total. The standard InChI is InChI=1S/C5H10N2O.C4H8O/c8-5-7-3-1-6-2-4-7;1-2-4-5-3-1/h5-6H,1-4H2;1-4H2. The molecule has 1 amide bonds. The van der Waals surface area contributed by atoms with E-state index in [9.17, 15) is 4.79 Å². The van der Waals surface area contributed by atoms with Crippen molar-refractivity contribution in [3.05, 3.63) is 0 Å². The fourth-order valence-corrected chi connectivity index (χ4v) is 1.30. The highest BCUT2D eigenvalue weighted by Gasteiger charge is 2.04. The summed E-state index contributed by atoms with van der Waals surface area (Å²) in [5.41, 5.74) is 0. The molecule has 2 aliphatic heterocycles. The van der Waals surface area contributed by atoms with Crippen LogP contribution in [0.25, 0.3) is 0 Å². The molecule has 0 spiro atoms. The fourth-order valence-electron chi connectivity index (χ4n) is 1.30. The van der Waals surface area contributed by atoms with Gasteiger partial charge >= 0.3 is 0 Å². The van der Waals surface area contributed by atoms with E-state index >= 15 is 0 Å². The summed E-state index contributed by atoms with van der Waals surface area (Å²) in [5.74, 6) is 0. The summed E-state index contributed by atoms with van der Waals surface area (Å²) in [6.45, 7) is 5.62. The maximum absolute atomic E-state index is 10.1. The summed E-state index contributed by atoms with van der Waals surface area (Å²) in [6, 6.07) is 0. The fraction of sp³-hybridized carbons (Fsp3) is 0.889. The highest BCUT2D eigenvalue weighted by atomic mass is 16.5. The summed E-state index contributed by atoms with van der Waals surface area (Å²) >= 11 is 0. The summed E-state index contributed by atoms with van der Waals surface area (Å²) in [7, 11) is 0. The Kier molecular flexibility index (Phi) is 5.52. The van der Waals surface area contributed by atoms with Gasteiger partial charge in [-0.1, -0.05) is 0 Å². The summed E-state index contributed by atoms with van der Waals surface area (Å²) in [6.07, 6.45) is 3.46. The van der Waals surface area contributed by atoms with E-state index in [0.29, 0.717) is 0 Å². The van der Waals surface area contributed by atoms with Crippen LogP contribution >= 0.6 is 0 Å². The van der Waals surface area contributed by atoms with E-state index in [4.69, 9.17) is 4.74 Å². The van der Waals surface area contributed by atoms with Gasteiger partial charge in [0.25, 0.3) is 0 Å². The van der Waals surface area contributed by atoms with Crippen molar-refractivity contribution in [2.24, 2.45) is 0 Å². The molecule has 0 saturated carbocycles. The third-order valence-electron chi connectivity index (χ3n) is 2.13. The first kappa shape index (κ1) is 10.5. The van der Waals surface area contributed by atoms with Gasteiger partial charge in [-0.3, -0.25) is 4.79 Å². The van der Waals surface area contributed by atoms with Crippen LogP contribution in [0.4, 0.5) is 0 Å². The lowest BCUT2D eigenvalue weighted by atomic mass is 10.4. The van der Waals surface area contributed by atoms with Crippen LogP contribution < -0.4 is 5.32 Å². The summed E-state index contributed by atoms with van der Waals surface area (Å²) < 4.78 is 4.94. The van der Waals surface area contributed by atoms with Crippen molar-refractivity contribution >= 4 is 6.41 Å². The van der Waals surface area contributed by atoms with E-state index in [0.717, 1.165) is 45.8 Å². The number of rotatable bonds is 1. The minimum atomic E-state index is 0.865. The van der Waals surface area contributed by atoms with Gasteiger partial charge in [0.05, 0.1) is 0 Å². The van der Waals surface area contributed by atoms with Gasteiger partial charge in [-0.2, -0.15) is 0 Å². The number of nitrogens with one attached hydrogen (secondary N) is 1. The summed E-state index contributed by atoms with van der Waals surface area (Å²) in [4.78, 5) is 11.8. The van der Waals surface area contributed by atoms with Crippen molar-refractivity contribution in [2.75, 3.05) is 39.4 Å². The monoisotopic (exact) mass is 186 g/mol. The van der Waals surface area contributed by atoms with Crippen molar-refractivity contribution in [1.82, 2.24) is 10.2 Å². The van der Waals surface area contributed by atoms with Gasteiger partial charge in [0.2, 0.25) is 6.41 Å². The molecule has 0 aromatic heterocycles. The molecule has 0 radical (unpaired) electrons. The number of amides is 1. The topological polar surface area (TPSA) is 41.6 Å². The Morgan fingerprint density at radius 3 is 2.08 bits per heavy atom. The van der Waals surface area contributed by atoms with E-state index in [1.807, 2.05) is 0 Å². The molecular weight excluding hydrogens is 168 g/mol. The normalized spacial score (nSPS) is 22.0. The first-order valence-corrected chi connectivity index (χ1v) is 4.91. The third kappa shape index (κ3) is 4.85. The molecule has 0 unspecified atom stereocenters. The Morgan fingerprint density at radius 2 is 1.77 bits per heavy atom. The number of hydrogen-bond donors (Lipinski definition) is 1. The number of ether oxygens (including phenoxy) is 1. The zero-order chi connectivity index (χ0) is 9.36. The molecule has 0 aliphatic carbocycles. The number of nitrogens with zero attached hydrogens (tertiary/aromatic N) is 1. The van der Waals surface area contributed by atoms with E-state index in [1.165, 1.54) is 12.8 Å². The van der Waals surface area contributed by atoms with E-state index in [2.05, 4.69) is 5.32 Å². The van der Waals surface area contributed by atoms with Gasteiger partial charge in [-0.05, 0) is 12.8 Å². The van der Waals surface area contributed by atoms with E-state index < -0.39 is 0 Å². The molecule has 2 heterocycles. The molecule has 2 fully saturated rings. The lowest BCUT2D eigenvalue weighted by molar-refractivity contribution is -0.118. The first-order chi connectivity index (χ1) is 6.43. The zero-order valence-electron chi connectivity index (χ0n) is 8.00. The maximum atomic E-state index is 10.1. The highest BCUT2D eigenvalue weighted by Crippen LogP contribution is 1.98. The molecule has 4 nitrogen and oxygen atoms in total. The van der Waals surface area contributed by atoms with Crippen molar-refractivity contribution in [2.45, 2.75) is 12.8 Å². The largest absolute Gasteiger partial charge is 0.381 e. The van der Waals surface area contributed by atoms with Crippen molar-refractivity contribution in [1.29, 1.82) is 0 Å². The van der Waals surface area contributed by atoms with Crippen molar-refractivity contribution < 1.29 is 9.53 Å². The van der Waals surface area contributed by atoms with Gasteiger partial charge < -0.3 is 15.0 Å². The second-order valence-corrected chi connectivity index (χ2v) is 3.21. The average molecular weight is 186 g/mol. The molecule has 0 aromatic carbocycles. The smallest absolute Gasteiger partial charge is 0.209 e. The lowest BCUT2D eigenvalue weighted by Gasteiger charge is -2.22. The molecule has 0 aromatic rings. The molecule has 76 valence electrons. The Hall–Kier alpha value is -0.610. The number of hydrogen-bond acceptors (Lipinski definition) is 3. The van der Waals surface area contributed by atoms with Gasteiger partial charge in [0, 0.05) is 39.4 Å². The molecular formula is C9H18N2O2. The SMILES string of the molecule is C1CCOC1.O=CN1CCNCC1. The second-order valence-electron chi connectivity index (χ2n) is 3.21. The minimum absolute atomic E-state index is 0.865. The van der Waals surface area contributed by atoms with Gasteiger partial charge in [0.15, 0.2) is 0 Å². The zero-order valence-corrected chi connectivity index (χ0v) is 8.00. The Labute approximate surface area is 79.2 Å². The Balaban J connectivity index is 0.000000145. The van der Waals surface area contributed by atoms with Crippen molar-refractivity contribution in [3.63, 3.8) is 0 Å². The molecule has 0 bridgehead atoms. The van der Waals surface area contributed by atoms with Crippen LogP contribution in [0.1, 0.15) is 12.8 Å². The number of carbonyl (C=O) groups is 1. The molecule has 2 saturated heterocycles.